The van der Waals surface area contributed by atoms with Crippen molar-refractivity contribution in [1.82, 2.24) is 9.80 Å². The Labute approximate surface area is 239 Å². The van der Waals surface area contributed by atoms with E-state index in [0.29, 0.717) is 25.2 Å². The van der Waals surface area contributed by atoms with Gasteiger partial charge in [-0.15, -0.1) is 10.1 Å². The number of methoxy groups -OCH3 is 1. The summed E-state index contributed by atoms with van der Waals surface area (Å²) in [5.74, 6) is 0.706. The van der Waals surface area contributed by atoms with Crippen LogP contribution in [0.4, 0.5) is 5.69 Å². The van der Waals surface area contributed by atoms with Crippen LogP contribution in [0, 0.1) is 10.1 Å². The number of rotatable bonds is 11. The average molecular weight is 559 g/mol. The molecule has 3 aromatic carbocycles. The van der Waals surface area contributed by atoms with Crippen molar-refractivity contribution in [3.05, 3.63) is 106 Å². The first-order chi connectivity index (χ1) is 19.9. The van der Waals surface area contributed by atoms with E-state index < -0.39 is 11.1 Å². The maximum atomic E-state index is 14.2. The van der Waals surface area contributed by atoms with Gasteiger partial charge in [0.2, 0.25) is 11.8 Å². The number of hydrogen-bond acceptors (Lipinski definition) is 7. The molecule has 0 unspecified atom stereocenters. The number of nitrogens with zero attached hydrogens (tertiary/aromatic N) is 4. The number of benzene rings is 3. The number of anilines is 1. The molecule has 10 nitrogen and oxygen atoms in total. The molecule has 1 saturated heterocycles. The zero-order valence-corrected chi connectivity index (χ0v) is 23.1. The first kappa shape index (κ1) is 27.9. The van der Waals surface area contributed by atoms with E-state index in [2.05, 4.69) is 9.74 Å². The van der Waals surface area contributed by atoms with Gasteiger partial charge in [0.1, 0.15) is 18.4 Å². The molecule has 1 aliphatic heterocycles. The van der Waals surface area contributed by atoms with Crippen molar-refractivity contribution in [2.75, 3.05) is 31.6 Å². The van der Waals surface area contributed by atoms with Gasteiger partial charge in [0.25, 0.3) is 5.09 Å². The molecule has 5 rings (SSSR count). The summed E-state index contributed by atoms with van der Waals surface area (Å²) < 4.78 is 5.33. The zero-order chi connectivity index (χ0) is 28.8. The van der Waals surface area contributed by atoms with E-state index in [-0.39, 0.29) is 37.4 Å². The molecule has 2 amide bonds. The fraction of sp³-hybridized carbons (Fsp3) is 0.355. The molecule has 41 heavy (non-hydrogen) atoms. The molecule has 2 fully saturated rings. The minimum absolute atomic E-state index is 0.0276. The van der Waals surface area contributed by atoms with E-state index in [1.165, 1.54) is 0 Å². The van der Waals surface area contributed by atoms with Gasteiger partial charge in [-0.05, 0) is 53.8 Å². The summed E-state index contributed by atoms with van der Waals surface area (Å²) in [7, 11) is 1.62. The summed E-state index contributed by atoms with van der Waals surface area (Å²) in [6.07, 6.45) is 2.15. The van der Waals surface area contributed by atoms with Gasteiger partial charge in [0.15, 0.2) is 0 Å². The third-order valence-corrected chi connectivity index (χ3v) is 7.60. The van der Waals surface area contributed by atoms with E-state index in [9.17, 15) is 19.7 Å². The summed E-state index contributed by atoms with van der Waals surface area (Å²) in [5, 5.41) is 9.62. The quantitative estimate of drug-likeness (QED) is 0.260. The molecule has 0 aromatic heterocycles. The highest BCUT2D eigenvalue weighted by atomic mass is 16.9. The third-order valence-electron chi connectivity index (χ3n) is 7.60. The normalized spacial score (nSPS) is 16.7. The van der Waals surface area contributed by atoms with E-state index in [1.807, 2.05) is 59.5 Å². The number of piperazine rings is 1. The molecule has 0 bridgehead atoms. The lowest BCUT2D eigenvalue weighted by Crippen LogP contribution is -2.61. The Balaban J connectivity index is 1.33. The van der Waals surface area contributed by atoms with Gasteiger partial charge in [-0.2, -0.15) is 0 Å². The minimum Gasteiger partial charge on any atom is -0.497 e. The van der Waals surface area contributed by atoms with Crippen molar-refractivity contribution < 1.29 is 24.3 Å². The highest BCUT2D eigenvalue weighted by Gasteiger charge is 2.41. The van der Waals surface area contributed by atoms with Crippen LogP contribution in [0.15, 0.2) is 78.9 Å². The molecule has 1 aliphatic carbocycles. The van der Waals surface area contributed by atoms with Crippen LogP contribution < -0.4 is 9.64 Å². The standard InChI is InChI=1S/C31H34N4O6/c1-40-28-15-13-26(14-16-28)33-18-17-32(30(36)19-23-7-9-25(10-8-23)22-41-35(38)39)21-29(33)31(37)34(27-11-12-27)20-24-5-3-2-4-6-24/h2-10,13-16,27,29H,11-12,17-22H2,1H3/t29-/m1/s1. The Morgan fingerprint density at radius 2 is 1.61 bits per heavy atom. The van der Waals surface area contributed by atoms with Crippen LogP contribution in [-0.4, -0.2) is 65.5 Å². The Morgan fingerprint density at radius 3 is 2.24 bits per heavy atom. The lowest BCUT2D eigenvalue weighted by Gasteiger charge is -2.43. The molecule has 3 aromatic rings. The SMILES string of the molecule is COc1ccc(N2CCN(C(=O)Cc3ccc(CO[N+](=O)[O-])cc3)C[C@@H]2C(=O)N(Cc2ccccc2)C2CC2)cc1. The van der Waals surface area contributed by atoms with Gasteiger partial charge in [0, 0.05) is 31.4 Å². The van der Waals surface area contributed by atoms with Crippen LogP contribution in [0.1, 0.15) is 29.5 Å². The van der Waals surface area contributed by atoms with Crippen LogP contribution >= 0.6 is 0 Å². The van der Waals surface area contributed by atoms with Crippen LogP contribution in [-0.2, 0) is 34.0 Å². The molecule has 1 atom stereocenters. The van der Waals surface area contributed by atoms with E-state index >= 15 is 0 Å². The van der Waals surface area contributed by atoms with Crippen LogP contribution in [0.25, 0.3) is 0 Å². The van der Waals surface area contributed by atoms with Gasteiger partial charge >= 0.3 is 0 Å². The average Bonchev–Trinajstić information content (AvgIpc) is 3.85. The fourth-order valence-corrected chi connectivity index (χ4v) is 5.22. The fourth-order valence-electron chi connectivity index (χ4n) is 5.22. The molecule has 0 radical (unpaired) electrons. The molecular weight excluding hydrogens is 524 g/mol. The molecular formula is C31H34N4O6. The molecule has 0 spiro atoms. The molecule has 1 saturated carbocycles. The van der Waals surface area contributed by atoms with Gasteiger partial charge in [-0.1, -0.05) is 54.6 Å². The van der Waals surface area contributed by atoms with Crippen molar-refractivity contribution in [1.29, 1.82) is 0 Å². The predicted octanol–water partition coefficient (Wildman–Crippen LogP) is 3.85. The topological polar surface area (TPSA) is 105 Å². The minimum atomic E-state index is -0.828. The van der Waals surface area contributed by atoms with Crippen LogP contribution in [0.5, 0.6) is 5.75 Å². The van der Waals surface area contributed by atoms with Gasteiger partial charge in [0.05, 0.1) is 20.1 Å². The van der Waals surface area contributed by atoms with Gasteiger partial charge in [-0.25, -0.2) is 0 Å². The number of amides is 2. The summed E-state index contributed by atoms with van der Waals surface area (Å²) >= 11 is 0. The predicted molar refractivity (Wildman–Crippen MR) is 153 cm³/mol. The second kappa shape index (κ2) is 12.7. The molecule has 0 N–H and O–H groups in total. The summed E-state index contributed by atoms with van der Waals surface area (Å²) in [4.78, 5) is 48.4. The summed E-state index contributed by atoms with van der Waals surface area (Å²) in [5.41, 5.74) is 3.44. The zero-order valence-electron chi connectivity index (χ0n) is 23.1. The van der Waals surface area contributed by atoms with Crippen molar-refractivity contribution in [2.24, 2.45) is 0 Å². The Kier molecular flexibility index (Phi) is 8.67. The maximum Gasteiger partial charge on any atom is 0.294 e. The number of carbonyl (C=O) groups is 2. The monoisotopic (exact) mass is 558 g/mol. The van der Waals surface area contributed by atoms with Crippen molar-refractivity contribution >= 4 is 17.5 Å². The van der Waals surface area contributed by atoms with Gasteiger partial charge in [-0.3, -0.25) is 9.59 Å². The van der Waals surface area contributed by atoms with Crippen LogP contribution in [0.2, 0.25) is 0 Å². The first-order valence-electron chi connectivity index (χ1n) is 13.8. The second-order valence-electron chi connectivity index (χ2n) is 10.4. The Morgan fingerprint density at radius 1 is 0.927 bits per heavy atom. The molecule has 1 heterocycles. The van der Waals surface area contributed by atoms with Crippen LogP contribution in [0.3, 0.4) is 0 Å². The molecule has 2 aliphatic rings. The highest BCUT2D eigenvalue weighted by Crippen LogP contribution is 2.32. The third kappa shape index (κ3) is 7.13. The Hall–Kier alpha value is -4.60. The second-order valence-corrected chi connectivity index (χ2v) is 10.4. The number of carbonyl (C=O) groups excluding carboxylic acids is 2. The molecule has 10 heteroatoms. The van der Waals surface area contributed by atoms with E-state index in [1.54, 1.807) is 36.3 Å². The van der Waals surface area contributed by atoms with E-state index in [0.717, 1.165) is 35.4 Å². The Bertz CT molecular complexity index is 1350. The van der Waals surface area contributed by atoms with Crippen molar-refractivity contribution in [2.45, 2.75) is 44.5 Å². The smallest absolute Gasteiger partial charge is 0.294 e. The van der Waals surface area contributed by atoms with Crippen molar-refractivity contribution in [3.8, 4) is 5.75 Å². The van der Waals surface area contributed by atoms with Crippen molar-refractivity contribution in [3.63, 3.8) is 0 Å². The number of ether oxygens (including phenoxy) is 1. The summed E-state index contributed by atoms with van der Waals surface area (Å²) in [6, 6.07) is 24.4. The lowest BCUT2D eigenvalue weighted by molar-refractivity contribution is -0.763. The lowest BCUT2D eigenvalue weighted by atomic mass is 10.0. The molecule has 214 valence electrons. The maximum absolute atomic E-state index is 14.2. The van der Waals surface area contributed by atoms with E-state index in [4.69, 9.17) is 4.74 Å². The first-order valence-corrected chi connectivity index (χ1v) is 13.8. The summed E-state index contributed by atoms with van der Waals surface area (Å²) in [6.45, 7) is 1.70. The number of hydrogen-bond donors (Lipinski definition) is 0. The largest absolute Gasteiger partial charge is 0.497 e. The highest BCUT2D eigenvalue weighted by molar-refractivity contribution is 5.88. The van der Waals surface area contributed by atoms with Gasteiger partial charge < -0.3 is 24.3 Å².